The molecule has 0 aliphatic rings. The van der Waals surface area contributed by atoms with Gasteiger partial charge in [-0.2, -0.15) is 0 Å². The number of hydrogen-bond donors (Lipinski definition) is 1. The largest absolute Gasteiger partial charge is 0.492 e. The summed E-state index contributed by atoms with van der Waals surface area (Å²) in [5.41, 5.74) is 5.74. The van der Waals surface area contributed by atoms with E-state index < -0.39 is 0 Å². The molecule has 0 saturated heterocycles. The van der Waals surface area contributed by atoms with Crippen molar-refractivity contribution in [3.63, 3.8) is 0 Å². The summed E-state index contributed by atoms with van der Waals surface area (Å²) in [6, 6.07) is 1.66. The first-order chi connectivity index (χ1) is 7.77. The molecule has 0 saturated carbocycles. The van der Waals surface area contributed by atoms with Crippen LogP contribution in [0.25, 0.3) is 0 Å². The number of ether oxygens (including phenoxy) is 2. The predicted octanol–water partition coefficient (Wildman–Crippen LogP) is 0.638. The molecule has 0 spiro atoms. The number of Topliss-reactive ketones (excluding diaryl/α,β-unsaturated/α-hetero) is 1. The average molecular weight is 224 g/mol. The predicted molar refractivity (Wildman–Crippen MR) is 59.6 cm³/mol. The molecule has 5 nitrogen and oxygen atoms in total. The lowest BCUT2D eigenvalue weighted by molar-refractivity contribution is 0.0773. The Morgan fingerprint density at radius 1 is 1.50 bits per heavy atom. The number of nitrogens with zero attached hydrogens (tertiary/aromatic N) is 1. The van der Waals surface area contributed by atoms with Crippen LogP contribution in [0.2, 0.25) is 0 Å². The van der Waals surface area contributed by atoms with Crippen LogP contribution in [0.1, 0.15) is 17.3 Å². The number of rotatable bonds is 7. The van der Waals surface area contributed by atoms with E-state index >= 15 is 0 Å². The van der Waals surface area contributed by atoms with Gasteiger partial charge in [0.2, 0.25) is 0 Å². The van der Waals surface area contributed by atoms with Crippen molar-refractivity contribution in [2.45, 2.75) is 6.92 Å². The van der Waals surface area contributed by atoms with Crippen molar-refractivity contribution < 1.29 is 14.3 Å². The first-order valence-corrected chi connectivity index (χ1v) is 5.16. The van der Waals surface area contributed by atoms with Gasteiger partial charge in [-0.25, -0.2) is 0 Å². The van der Waals surface area contributed by atoms with Crippen LogP contribution in [0.15, 0.2) is 18.5 Å². The molecule has 0 fully saturated rings. The second-order valence-electron chi connectivity index (χ2n) is 3.11. The molecule has 1 aromatic rings. The molecular formula is C11H16N2O3. The molecule has 0 aromatic carbocycles. The van der Waals surface area contributed by atoms with Crippen molar-refractivity contribution in [2.75, 3.05) is 26.4 Å². The van der Waals surface area contributed by atoms with Crippen molar-refractivity contribution in [2.24, 2.45) is 5.73 Å². The van der Waals surface area contributed by atoms with E-state index in [2.05, 4.69) is 4.98 Å². The molecule has 0 amide bonds. The molecule has 0 atom stereocenters. The first-order valence-electron chi connectivity index (χ1n) is 5.16. The van der Waals surface area contributed by atoms with E-state index in [9.17, 15) is 4.79 Å². The Morgan fingerprint density at radius 2 is 2.31 bits per heavy atom. The Kier molecular flexibility index (Phi) is 5.45. The van der Waals surface area contributed by atoms with E-state index in [0.29, 0.717) is 31.1 Å². The minimum absolute atomic E-state index is 0.0223. The van der Waals surface area contributed by atoms with Crippen molar-refractivity contribution in [3.05, 3.63) is 24.0 Å². The Labute approximate surface area is 94.6 Å². The third-order valence-corrected chi connectivity index (χ3v) is 1.84. The Balaban J connectivity index is 2.57. The van der Waals surface area contributed by atoms with Crippen molar-refractivity contribution >= 4 is 5.78 Å². The number of carbonyl (C=O) groups excluding carboxylic acids is 1. The van der Waals surface area contributed by atoms with Crippen molar-refractivity contribution in [1.82, 2.24) is 4.98 Å². The van der Waals surface area contributed by atoms with E-state index in [0.717, 1.165) is 0 Å². The summed E-state index contributed by atoms with van der Waals surface area (Å²) in [5, 5.41) is 0. The molecular weight excluding hydrogens is 208 g/mol. The lowest BCUT2D eigenvalue weighted by atomic mass is 10.2. The van der Waals surface area contributed by atoms with Crippen LogP contribution in [0, 0.1) is 0 Å². The van der Waals surface area contributed by atoms with Crippen LogP contribution in [-0.2, 0) is 4.74 Å². The Hall–Kier alpha value is -1.46. The third kappa shape index (κ3) is 3.96. The molecule has 0 bridgehead atoms. The van der Waals surface area contributed by atoms with Gasteiger partial charge in [0.1, 0.15) is 12.4 Å². The topological polar surface area (TPSA) is 74.4 Å². The van der Waals surface area contributed by atoms with Gasteiger partial charge >= 0.3 is 0 Å². The second kappa shape index (κ2) is 6.92. The lowest BCUT2D eigenvalue weighted by Gasteiger charge is -2.05. The molecule has 1 heterocycles. The number of aromatic nitrogens is 1. The van der Waals surface area contributed by atoms with Gasteiger partial charge in [0.15, 0.2) is 5.78 Å². The highest BCUT2D eigenvalue weighted by molar-refractivity contribution is 5.97. The quantitative estimate of drug-likeness (QED) is 0.543. The fourth-order valence-electron chi connectivity index (χ4n) is 1.15. The molecule has 0 unspecified atom stereocenters. The van der Waals surface area contributed by atoms with Gasteiger partial charge in [0.05, 0.1) is 19.4 Å². The molecule has 16 heavy (non-hydrogen) atoms. The van der Waals surface area contributed by atoms with Gasteiger partial charge in [-0.3, -0.25) is 9.78 Å². The van der Waals surface area contributed by atoms with Gasteiger partial charge < -0.3 is 15.2 Å². The van der Waals surface area contributed by atoms with Gasteiger partial charge in [-0.15, -0.1) is 0 Å². The zero-order chi connectivity index (χ0) is 11.8. The molecule has 1 rings (SSSR count). The van der Waals surface area contributed by atoms with Crippen molar-refractivity contribution in [3.8, 4) is 5.75 Å². The molecule has 88 valence electrons. The van der Waals surface area contributed by atoms with E-state index in [1.165, 1.54) is 6.20 Å². The zero-order valence-electron chi connectivity index (χ0n) is 9.31. The lowest BCUT2D eigenvalue weighted by Crippen LogP contribution is -2.15. The molecule has 0 aliphatic heterocycles. The monoisotopic (exact) mass is 224 g/mol. The number of ketones is 1. The molecule has 5 heteroatoms. The maximum atomic E-state index is 11.6. The highest BCUT2D eigenvalue weighted by Gasteiger charge is 2.07. The number of pyridine rings is 1. The molecule has 0 aliphatic carbocycles. The van der Waals surface area contributed by atoms with Gasteiger partial charge in [0.25, 0.3) is 0 Å². The second-order valence-corrected chi connectivity index (χ2v) is 3.11. The summed E-state index contributed by atoms with van der Waals surface area (Å²) in [6.07, 6.45) is 3.07. The number of nitrogens with two attached hydrogens (primary N) is 1. The summed E-state index contributed by atoms with van der Waals surface area (Å²) in [7, 11) is 0. The molecule has 1 aromatic heterocycles. The maximum Gasteiger partial charge on any atom is 0.190 e. The Bertz CT molecular complexity index is 342. The Morgan fingerprint density at radius 3 is 3.00 bits per heavy atom. The fraction of sp³-hybridized carbons (Fsp3) is 0.455. The van der Waals surface area contributed by atoms with E-state index in [4.69, 9.17) is 15.2 Å². The van der Waals surface area contributed by atoms with Crippen molar-refractivity contribution in [1.29, 1.82) is 0 Å². The minimum Gasteiger partial charge on any atom is -0.492 e. The van der Waals surface area contributed by atoms with Crippen LogP contribution < -0.4 is 10.5 Å². The van der Waals surface area contributed by atoms with Crippen LogP contribution in [0.3, 0.4) is 0 Å². The smallest absolute Gasteiger partial charge is 0.190 e. The summed E-state index contributed by atoms with van der Waals surface area (Å²) in [4.78, 5) is 15.5. The number of hydrogen-bond acceptors (Lipinski definition) is 5. The highest BCUT2D eigenvalue weighted by atomic mass is 16.5. The number of carbonyl (C=O) groups is 1. The zero-order valence-corrected chi connectivity index (χ0v) is 9.31. The summed E-state index contributed by atoms with van der Waals surface area (Å²) in [6.45, 7) is 3.23. The SMILES string of the molecule is CCOc1cncc(C(=O)COCCN)c1. The summed E-state index contributed by atoms with van der Waals surface area (Å²) >= 11 is 0. The van der Waals surface area contributed by atoms with E-state index in [1.54, 1.807) is 12.3 Å². The summed E-state index contributed by atoms with van der Waals surface area (Å²) in [5.74, 6) is 0.467. The van der Waals surface area contributed by atoms with Gasteiger partial charge in [0, 0.05) is 18.3 Å². The highest BCUT2D eigenvalue weighted by Crippen LogP contribution is 2.11. The normalized spacial score (nSPS) is 10.1. The molecule has 2 N–H and O–H groups in total. The van der Waals surface area contributed by atoms with E-state index in [-0.39, 0.29) is 12.4 Å². The average Bonchev–Trinajstić information content (AvgIpc) is 2.30. The van der Waals surface area contributed by atoms with Crippen LogP contribution in [-0.4, -0.2) is 37.1 Å². The molecule has 0 radical (unpaired) electrons. The van der Waals surface area contributed by atoms with Crippen LogP contribution in [0.5, 0.6) is 5.75 Å². The third-order valence-electron chi connectivity index (χ3n) is 1.84. The fourth-order valence-corrected chi connectivity index (χ4v) is 1.15. The maximum absolute atomic E-state index is 11.6. The van der Waals surface area contributed by atoms with Crippen LogP contribution in [0.4, 0.5) is 0 Å². The van der Waals surface area contributed by atoms with E-state index in [1.807, 2.05) is 6.92 Å². The van der Waals surface area contributed by atoms with Crippen LogP contribution >= 0.6 is 0 Å². The summed E-state index contributed by atoms with van der Waals surface area (Å²) < 4.78 is 10.3. The van der Waals surface area contributed by atoms with Gasteiger partial charge in [-0.05, 0) is 13.0 Å². The van der Waals surface area contributed by atoms with Gasteiger partial charge in [-0.1, -0.05) is 0 Å². The standard InChI is InChI=1S/C11H16N2O3/c1-2-16-10-5-9(6-13-7-10)11(14)8-15-4-3-12/h5-7H,2-4,8,12H2,1H3. The first kappa shape index (κ1) is 12.6. The minimum atomic E-state index is -0.123.